The van der Waals surface area contributed by atoms with E-state index in [0.29, 0.717) is 11.7 Å². The van der Waals surface area contributed by atoms with Crippen LogP contribution in [0, 0.1) is 5.92 Å². The number of hydrogen-bond donors (Lipinski definition) is 0. The Morgan fingerprint density at radius 1 is 1.50 bits per heavy atom. The molecule has 0 radical (unpaired) electrons. The molecule has 0 N–H and O–H groups in total. The van der Waals surface area contributed by atoms with Crippen molar-refractivity contribution in [1.82, 2.24) is 0 Å². The van der Waals surface area contributed by atoms with Gasteiger partial charge in [0.1, 0.15) is 5.78 Å². The Bertz CT molecular complexity index is 139. The van der Waals surface area contributed by atoms with Gasteiger partial charge in [-0.05, 0) is 19.3 Å². The summed E-state index contributed by atoms with van der Waals surface area (Å²) < 4.78 is 0. The van der Waals surface area contributed by atoms with Crippen molar-refractivity contribution in [3.8, 4) is 0 Å². The van der Waals surface area contributed by atoms with Crippen LogP contribution in [0.15, 0.2) is 12.2 Å². The van der Waals surface area contributed by atoms with Crippen LogP contribution in [-0.2, 0) is 4.79 Å². The van der Waals surface area contributed by atoms with Crippen molar-refractivity contribution in [1.29, 1.82) is 0 Å². The van der Waals surface area contributed by atoms with Crippen LogP contribution in [-0.4, -0.2) is 5.78 Å². The van der Waals surface area contributed by atoms with Crippen LogP contribution in [0.25, 0.3) is 0 Å². The van der Waals surface area contributed by atoms with Gasteiger partial charge in [0.25, 0.3) is 0 Å². The molecule has 1 aliphatic carbocycles. The van der Waals surface area contributed by atoms with Crippen LogP contribution >= 0.6 is 0 Å². The number of allylic oxidation sites excluding steroid dienone is 2. The van der Waals surface area contributed by atoms with E-state index in [1.807, 2.05) is 0 Å². The van der Waals surface area contributed by atoms with Crippen molar-refractivity contribution >= 4 is 5.78 Å². The monoisotopic (exact) mass is 138 g/mol. The molecule has 0 aromatic rings. The van der Waals surface area contributed by atoms with Crippen LogP contribution in [0.1, 0.15) is 32.6 Å². The highest BCUT2D eigenvalue weighted by Gasteiger charge is 2.17. The van der Waals surface area contributed by atoms with E-state index >= 15 is 0 Å². The molecule has 0 aliphatic heterocycles. The van der Waals surface area contributed by atoms with Gasteiger partial charge >= 0.3 is 0 Å². The first kappa shape index (κ1) is 7.52. The molecule has 0 fully saturated rings. The number of rotatable bonds is 3. The van der Waals surface area contributed by atoms with E-state index in [2.05, 4.69) is 19.1 Å². The van der Waals surface area contributed by atoms with Gasteiger partial charge in [-0.3, -0.25) is 4.79 Å². The fourth-order valence-corrected chi connectivity index (χ4v) is 1.33. The summed E-state index contributed by atoms with van der Waals surface area (Å²) in [5.74, 6) is 0.785. The smallest absolute Gasteiger partial charge is 0.136 e. The summed E-state index contributed by atoms with van der Waals surface area (Å²) >= 11 is 0. The van der Waals surface area contributed by atoms with Crippen LogP contribution in [0.4, 0.5) is 0 Å². The minimum Gasteiger partial charge on any atom is -0.299 e. The molecule has 1 aliphatic rings. The average Bonchev–Trinajstić information content (AvgIpc) is 2.38. The zero-order valence-corrected chi connectivity index (χ0v) is 6.47. The van der Waals surface area contributed by atoms with Crippen molar-refractivity contribution in [2.45, 2.75) is 32.6 Å². The molecule has 0 bridgehead atoms. The maximum absolute atomic E-state index is 11.2. The highest BCUT2D eigenvalue weighted by Crippen LogP contribution is 2.20. The third kappa shape index (κ3) is 1.69. The predicted octanol–water partition coefficient (Wildman–Crippen LogP) is 2.32. The van der Waals surface area contributed by atoms with Gasteiger partial charge in [-0.1, -0.05) is 19.1 Å². The first-order chi connectivity index (χ1) is 4.84. The number of carbonyl (C=O) groups excluding carboxylic acids is 1. The minimum atomic E-state index is 0.333. The van der Waals surface area contributed by atoms with Crippen LogP contribution in [0.5, 0.6) is 0 Å². The summed E-state index contributed by atoms with van der Waals surface area (Å²) in [7, 11) is 0. The Morgan fingerprint density at radius 2 is 2.10 bits per heavy atom. The average molecular weight is 138 g/mol. The second kappa shape index (κ2) is 3.55. The first-order valence-corrected chi connectivity index (χ1v) is 4.02. The van der Waals surface area contributed by atoms with Gasteiger partial charge in [0.05, 0.1) is 0 Å². The second-order valence-corrected chi connectivity index (χ2v) is 2.86. The molecule has 10 heavy (non-hydrogen) atoms. The largest absolute Gasteiger partial charge is 0.299 e. The summed E-state index contributed by atoms with van der Waals surface area (Å²) in [5.41, 5.74) is 0. The summed E-state index contributed by atoms with van der Waals surface area (Å²) in [6.07, 6.45) is 7.95. The normalized spacial score (nSPS) is 18.1. The van der Waals surface area contributed by atoms with Crippen molar-refractivity contribution in [3.05, 3.63) is 12.2 Å². The predicted molar refractivity (Wildman–Crippen MR) is 41.8 cm³/mol. The SMILES string of the molecule is CCCC(=O)C1CC=CC1. The molecule has 0 spiro atoms. The third-order valence-corrected chi connectivity index (χ3v) is 1.96. The van der Waals surface area contributed by atoms with Gasteiger partial charge in [0, 0.05) is 12.3 Å². The molecule has 0 aromatic carbocycles. The van der Waals surface area contributed by atoms with Crippen molar-refractivity contribution in [3.63, 3.8) is 0 Å². The van der Waals surface area contributed by atoms with E-state index in [9.17, 15) is 4.79 Å². The number of Topliss-reactive ketones (excluding diaryl/α,β-unsaturated/α-hetero) is 1. The number of hydrogen-bond acceptors (Lipinski definition) is 1. The molecular formula is C9H14O. The fraction of sp³-hybridized carbons (Fsp3) is 0.667. The number of carbonyl (C=O) groups is 1. The van der Waals surface area contributed by atoms with Gasteiger partial charge in [0.2, 0.25) is 0 Å². The minimum absolute atomic E-state index is 0.333. The van der Waals surface area contributed by atoms with Gasteiger partial charge in [-0.15, -0.1) is 0 Å². The van der Waals surface area contributed by atoms with Crippen molar-refractivity contribution in [2.75, 3.05) is 0 Å². The fourth-order valence-electron chi connectivity index (χ4n) is 1.33. The van der Waals surface area contributed by atoms with Gasteiger partial charge < -0.3 is 0 Å². The Kier molecular flexibility index (Phi) is 2.67. The van der Waals surface area contributed by atoms with E-state index in [1.54, 1.807) is 0 Å². The lowest BCUT2D eigenvalue weighted by molar-refractivity contribution is -0.122. The zero-order valence-electron chi connectivity index (χ0n) is 6.47. The van der Waals surface area contributed by atoms with Gasteiger partial charge in [-0.2, -0.15) is 0 Å². The lowest BCUT2D eigenvalue weighted by Gasteiger charge is -2.04. The van der Waals surface area contributed by atoms with Crippen LogP contribution < -0.4 is 0 Å². The highest BCUT2D eigenvalue weighted by molar-refractivity contribution is 5.81. The molecule has 1 heteroatoms. The summed E-state index contributed by atoms with van der Waals surface area (Å²) in [6, 6.07) is 0. The zero-order chi connectivity index (χ0) is 7.40. The van der Waals surface area contributed by atoms with Gasteiger partial charge in [0.15, 0.2) is 0 Å². The summed E-state index contributed by atoms with van der Waals surface area (Å²) in [6.45, 7) is 2.06. The van der Waals surface area contributed by atoms with E-state index < -0.39 is 0 Å². The number of ketones is 1. The van der Waals surface area contributed by atoms with E-state index in [1.165, 1.54) is 0 Å². The molecule has 0 amide bonds. The van der Waals surface area contributed by atoms with Crippen LogP contribution in [0.3, 0.4) is 0 Å². The van der Waals surface area contributed by atoms with Crippen molar-refractivity contribution in [2.24, 2.45) is 5.92 Å². The van der Waals surface area contributed by atoms with E-state index in [4.69, 9.17) is 0 Å². The van der Waals surface area contributed by atoms with E-state index in [-0.39, 0.29) is 0 Å². The maximum Gasteiger partial charge on any atom is 0.136 e. The quantitative estimate of drug-likeness (QED) is 0.547. The van der Waals surface area contributed by atoms with Crippen molar-refractivity contribution < 1.29 is 4.79 Å². The molecule has 1 rings (SSSR count). The molecule has 0 heterocycles. The molecule has 0 aromatic heterocycles. The molecule has 56 valence electrons. The highest BCUT2D eigenvalue weighted by atomic mass is 16.1. The molecule has 0 saturated heterocycles. The standard InChI is InChI=1S/C9H14O/c1-2-5-9(10)8-6-3-4-7-8/h3-4,8H,2,5-7H2,1H3. The van der Waals surface area contributed by atoms with E-state index in [0.717, 1.165) is 25.7 Å². The molecule has 1 nitrogen and oxygen atoms in total. The van der Waals surface area contributed by atoms with Gasteiger partial charge in [-0.25, -0.2) is 0 Å². The Balaban J connectivity index is 2.28. The maximum atomic E-state index is 11.2. The van der Waals surface area contributed by atoms with Crippen LogP contribution in [0.2, 0.25) is 0 Å². The Morgan fingerprint density at radius 3 is 2.60 bits per heavy atom. The Hall–Kier alpha value is -0.590. The molecule has 0 unspecified atom stereocenters. The topological polar surface area (TPSA) is 17.1 Å². The molecule has 0 atom stereocenters. The molecule has 0 saturated carbocycles. The lowest BCUT2D eigenvalue weighted by atomic mass is 9.99. The first-order valence-electron chi connectivity index (χ1n) is 4.02. The second-order valence-electron chi connectivity index (χ2n) is 2.86. The summed E-state index contributed by atoms with van der Waals surface area (Å²) in [5, 5.41) is 0. The summed E-state index contributed by atoms with van der Waals surface area (Å²) in [4.78, 5) is 11.2. The molecular weight excluding hydrogens is 124 g/mol. The third-order valence-electron chi connectivity index (χ3n) is 1.96. The lowest BCUT2D eigenvalue weighted by Crippen LogP contribution is -2.09. The Labute approximate surface area is 62.1 Å².